The van der Waals surface area contributed by atoms with Gasteiger partial charge in [-0.2, -0.15) is 0 Å². The number of methoxy groups -OCH3 is 1. The van der Waals surface area contributed by atoms with Gasteiger partial charge in [-0.3, -0.25) is 4.90 Å². The van der Waals surface area contributed by atoms with E-state index in [9.17, 15) is 4.79 Å². The van der Waals surface area contributed by atoms with Crippen LogP contribution >= 0.6 is 0 Å². The van der Waals surface area contributed by atoms with Crippen LogP contribution in [-0.2, 0) is 11.2 Å². The normalized spacial score (nSPS) is 17.5. The Bertz CT molecular complexity index is 527. The zero-order valence-corrected chi connectivity index (χ0v) is 13.3. The molecule has 0 bridgehead atoms. The maximum Gasteiger partial charge on any atom is 0.321 e. The van der Waals surface area contributed by atoms with Crippen LogP contribution in [0.5, 0.6) is 0 Å². The topological polar surface area (TPSA) is 44.8 Å². The highest BCUT2D eigenvalue weighted by Crippen LogP contribution is 2.32. The molecule has 2 aliphatic rings. The Kier molecular flexibility index (Phi) is 4.83. The smallest absolute Gasteiger partial charge is 0.321 e. The number of ether oxygens (including phenoxy) is 1. The lowest BCUT2D eigenvalue weighted by molar-refractivity contribution is 0.197. The highest BCUT2D eigenvalue weighted by Gasteiger charge is 2.24. The molecule has 1 aromatic rings. The average molecular weight is 303 g/mol. The van der Waals surface area contributed by atoms with Crippen molar-refractivity contribution < 1.29 is 9.53 Å². The molecule has 5 heteroatoms. The number of carbonyl (C=O) groups excluding carboxylic acids is 1. The van der Waals surface area contributed by atoms with E-state index in [1.165, 1.54) is 24.1 Å². The summed E-state index contributed by atoms with van der Waals surface area (Å²) in [6.07, 6.45) is 4.60. The lowest BCUT2D eigenvalue weighted by Crippen LogP contribution is -2.43. The largest absolute Gasteiger partial charge is 0.383 e. The van der Waals surface area contributed by atoms with Crippen molar-refractivity contribution in [2.24, 2.45) is 0 Å². The molecule has 0 spiro atoms. The summed E-state index contributed by atoms with van der Waals surface area (Å²) in [6, 6.07) is 6.57. The molecule has 2 amide bonds. The second kappa shape index (κ2) is 7.01. The van der Waals surface area contributed by atoms with Gasteiger partial charge >= 0.3 is 6.03 Å². The van der Waals surface area contributed by atoms with E-state index in [4.69, 9.17) is 4.74 Å². The number of hydrogen-bond acceptors (Lipinski definition) is 3. The summed E-state index contributed by atoms with van der Waals surface area (Å²) in [7, 11) is 1.64. The minimum absolute atomic E-state index is 0.0171. The van der Waals surface area contributed by atoms with Gasteiger partial charge in [0.25, 0.3) is 0 Å². The molecule has 120 valence electrons. The molecule has 0 aromatic heterocycles. The van der Waals surface area contributed by atoms with Gasteiger partial charge in [0.15, 0.2) is 0 Å². The molecule has 3 rings (SSSR count). The maximum atomic E-state index is 12.4. The summed E-state index contributed by atoms with van der Waals surface area (Å²) in [5, 5.41) is 2.93. The van der Waals surface area contributed by atoms with Crippen molar-refractivity contribution in [2.45, 2.75) is 25.7 Å². The molecule has 0 unspecified atom stereocenters. The molecular weight excluding hydrogens is 278 g/mol. The summed E-state index contributed by atoms with van der Waals surface area (Å²) >= 11 is 0. The fraction of sp³-hybridized carbons (Fsp3) is 0.588. The molecule has 5 nitrogen and oxygen atoms in total. The zero-order chi connectivity index (χ0) is 15.4. The predicted molar refractivity (Wildman–Crippen MR) is 88.8 cm³/mol. The first-order valence-corrected chi connectivity index (χ1v) is 8.22. The third kappa shape index (κ3) is 3.19. The molecule has 1 aromatic carbocycles. The summed E-state index contributed by atoms with van der Waals surface area (Å²) in [5.74, 6) is 0. The number of urea groups is 1. The number of nitrogens with zero attached hydrogens (tertiary/aromatic N) is 2. The maximum absolute atomic E-state index is 12.4. The fourth-order valence-electron chi connectivity index (χ4n) is 3.30. The second-order valence-corrected chi connectivity index (χ2v) is 5.99. The van der Waals surface area contributed by atoms with E-state index in [0.29, 0.717) is 13.2 Å². The van der Waals surface area contributed by atoms with E-state index < -0.39 is 0 Å². The summed E-state index contributed by atoms with van der Waals surface area (Å²) in [5.41, 5.74) is 3.59. The van der Waals surface area contributed by atoms with E-state index in [1.54, 1.807) is 7.11 Å². The average Bonchev–Trinajstić information content (AvgIpc) is 3.08. The number of anilines is 2. The Balaban J connectivity index is 1.78. The van der Waals surface area contributed by atoms with Crippen LogP contribution in [0.3, 0.4) is 0 Å². The van der Waals surface area contributed by atoms with E-state index in [-0.39, 0.29) is 6.03 Å². The lowest BCUT2D eigenvalue weighted by Gasteiger charge is -2.31. The van der Waals surface area contributed by atoms with Crippen LogP contribution in [0.25, 0.3) is 0 Å². The minimum Gasteiger partial charge on any atom is -0.383 e. The molecule has 22 heavy (non-hydrogen) atoms. The van der Waals surface area contributed by atoms with Crippen LogP contribution in [0.4, 0.5) is 16.2 Å². The van der Waals surface area contributed by atoms with Gasteiger partial charge in [-0.1, -0.05) is 6.07 Å². The van der Waals surface area contributed by atoms with Crippen molar-refractivity contribution >= 4 is 17.4 Å². The van der Waals surface area contributed by atoms with Crippen LogP contribution in [0.1, 0.15) is 24.8 Å². The standard InChI is InChI=1S/C17H25N3O2/c1-22-12-8-18-17(21)20-11-4-5-14-6-7-15(13-16(14)20)19-9-2-3-10-19/h6-7,13H,2-5,8-12H2,1H3,(H,18,21). The molecule has 1 N–H and O–H groups in total. The zero-order valence-electron chi connectivity index (χ0n) is 13.3. The second-order valence-electron chi connectivity index (χ2n) is 5.99. The van der Waals surface area contributed by atoms with E-state index in [2.05, 4.69) is 28.4 Å². The molecule has 0 saturated carbocycles. The first-order valence-electron chi connectivity index (χ1n) is 8.22. The van der Waals surface area contributed by atoms with E-state index in [0.717, 1.165) is 38.2 Å². The van der Waals surface area contributed by atoms with Gasteiger partial charge in [-0.15, -0.1) is 0 Å². The molecule has 0 atom stereocenters. The molecule has 1 fully saturated rings. The number of rotatable bonds is 4. The van der Waals surface area contributed by atoms with Crippen LogP contribution in [0.15, 0.2) is 18.2 Å². The molecule has 0 aliphatic carbocycles. The quantitative estimate of drug-likeness (QED) is 0.869. The summed E-state index contributed by atoms with van der Waals surface area (Å²) < 4.78 is 5.00. The Labute approximate surface area is 132 Å². The summed E-state index contributed by atoms with van der Waals surface area (Å²) in [6.45, 7) is 4.13. The molecule has 2 aliphatic heterocycles. The van der Waals surface area contributed by atoms with Gasteiger partial charge < -0.3 is 15.0 Å². The van der Waals surface area contributed by atoms with Crippen LogP contribution in [-0.4, -0.2) is 45.9 Å². The Morgan fingerprint density at radius 1 is 1.23 bits per heavy atom. The van der Waals surface area contributed by atoms with Crippen molar-refractivity contribution in [1.82, 2.24) is 5.32 Å². The number of amides is 2. The Hall–Kier alpha value is -1.75. The molecule has 0 radical (unpaired) electrons. The van der Waals surface area contributed by atoms with Crippen molar-refractivity contribution in [3.05, 3.63) is 23.8 Å². The number of carbonyl (C=O) groups is 1. The Morgan fingerprint density at radius 2 is 2.05 bits per heavy atom. The van der Waals surface area contributed by atoms with Crippen molar-refractivity contribution in [1.29, 1.82) is 0 Å². The predicted octanol–water partition coefficient (Wildman–Crippen LogP) is 2.40. The van der Waals surface area contributed by atoms with Gasteiger partial charge in [0.1, 0.15) is 0 Å². The Morgan fingerprint density at radius 3 is 2.82 bits per heavy atom. The van der Waals surface area contributed by atoms with Crippen molar-refractivity contribution in [2.75, 3.05) is 49.7 Å². The molecule has 1 saturated heterocycles. The van der Waals surface area contributed by atoms with Gasteiger partial charge in [0.05, 0.1) is 12.3 Å². The van der Waals surface area contributed by atoms with Gasteiger partial charge in [0, 0.05) is 39.0 Å². The van der Waals surface area contributed by atoms with Gasteiger partial charge in [-0.05, 0) is 43.4 Å². The minimum atomic E-state index is -0.0171. The number of aryl methyl sites for hydroxylation is 1. The van der Waals surface area contributed by atoms with Crippen LogP contribution < -0.4 is 15.1 Å². The number of nitrogens with one attached hydrogen (secondary N) is 1. The van der Waals surface area contributed by atoms with Crippen LogP contribution in [0, 0.1) is 0 Å². The third-order valence-electron chi connectivity index (χ3n) is 4.49. The number of hydrogen-bond donors (Lipinski definition) is 1. The van der Waals surface area contributed by atoms with Gasteiger partial charge in [-0.25, -0.2) is 4.79 Å². The number of fused-ring (bicyclic) bond motifs is 1. The number of benzene rings is 1. The van der Waals surface area contributed by atoms with E-state index >= 15 is 0 Å². The van der Waals surface area contributed by atoms with Crippen molar-refractivity contribution in [3.63, 3.8) is 0 Å². The lowest BCUT2D eigenvalue weighted by atomic mass is 10.0. The SMILES string of the molecule is COCCNC(=O)N1CCCc2ccc(N3CCCC3)cc21. The summed E-state index contributed by atoms with van der Waals surface area (Å²) in [4.78, 5) is 16.7. The first kappa shape index (κ1) is 15.2. The van der Waals surface area contributed by atoms with Crippen LogP contribution in [0.2, 0.25) is 0 Å². The van der Waals surface area contributed by atoms with E-state index in [1.807, 2.05) is 4.90 Å². The third-order valence-corrected chi connectivity index (χ3v) is 4.49. The van der Waals surface area contributed by atoms with Crippen molar-refractivity contribution in [3.8, 4) is 0 Å². The highest BCUT2D eigenvalue weighted by atomic mass is 16.5. The fourth-order valence-corrected chi connectivity index (χ4v) is 3.30. The van der Waals surface area contributed by atoms with Gasteiger partial charge in [0.2, 0.25) is 0 Å². The first-order chi connectivity index (χ1) is 10.8. The highest BCUT2D eigenvalue weighted by molar-refractivity contribution is 5.94. The molecule has 2 heterocycles. The molecular formula is C17H25N3O2. The monoisotopic (exact) mass is 303 g/mol.